The van der Waals surface area contributed by atoms with E-state index < -0.39 is 6.04 Å². The molecule has 3 rings (SSSR count). The summed E-state index contributed by atoms with van der Waals surface area (Å²) in [6.07, 6.45) is 0. The second-order valence-electron chi connectivity index (χ2n) is 5.82. The van der Waals surface area contributed by atoms with Crippen molar-refractivity contribution in [3.8, 4) is 0 Å². The molecular weight excluding hydrogens is 324 g/mol. The van der Waals surface area contributed by atoms with Gasteiger partial charge in [0.05, 0.1) is 6.04 Å². The van der Waals surface area contributed by atoms with E-state index >= 15 is 0 Å². The summed E-state index contributed by atoms with van der Waals surface area (Å²) >= 11 is 5.90. The Bertz CT molecular complexity index is 841. The van der Waals surface area contributed by atoms with Crippen LogP contribution in [-0.4, -0.2) is 11.8 Å². The van der Waals surface area contributed by atoms with Crippen LogP contribution >= 0.6 is 11.6 Å². The van der Waals surface area contributed by atoms with Gasteiger partial charge in [-0.3, -0.25) is 4.79 Å². The van der Waals surface area contributed by atoms with E-state index in [0.29, 0.717) is 21.9 Å². The SMILES string of the molecule is CC1=C(C(=O)c2ccc(Cl)cc2)C(c2cccc(C)c2)NC(=O)N1. The van der Waals surface area contributed by atoms with Crippen LogP contribution in [-0.2, 0) is 0 Å². The highest BCUT2D eigenvalue weighted by atomic mass is 35.5. The van der Waals surface area contributed by atoms with Crippen LogP contribution in [0.15, 0.2) is 59.8 Å². The fourth-order valence-corrected chi connectivity index (χ4v) is 2.98. The highest BCUT2D eigenvalue weighted by molar-refractivity contribution is 6.30. The van der Waals surface area contributed by atoms with Crippen molar-refractivity contribution in [3.05, 3.63) is 81.5 Å². The Hall–Kier alpha value is -2.59. The second kappa shape index (κ2) is 6.49. The molecule has 24 heavy (non-hydrogen) atoms. The number of carbonyl (C=O) groups excluding carboxylic acids is 2. The summed E-state index contributed by atoms with van der Waals surface area (Å²) < 4.78 is 0. The molecule has 5 heteroatoms. The lowest BCUT2D eigenvalue weighted by Gasteiger charge is -2.29. The van der Waals surface area contributed by atoms with Gasteiger partial charge >= 0.3 is 6.03 Å². The van der Waals surface area contributed by atoms with E-state index in [9.17, 15) is 9.59 Å². The molecule has 2 amide bonds. The predicted octanol–water partition coefficient (Wildman–Crippen LogP) is 4.16. The average Bonchev–Trinajstić information content (AvgIpc) is 2.54. The zero-order valence-electron chi connectivity index (χ0n) is 13.4. The number of halogens is 1. The van der Waals surface area contributed by atoms with Crippen molar-refractivity contribution in [3.63, 3.8) is 0 Å². The molecule has 122 valence electrons. The third-order valence-corrected chi connectivity index (χ3v) is 4.25. The standard InChI is InChI=1S/C19H17ClN2O2/c1-11-4-3-5-14(10-11)17-16(12(2)21-19(24)22-17)18(23)13-6-8-15(20)9-7-13/h3-10,17H,1-2H3,(H2,21,22,24). The third-order valence-electron chi connectivity index (χ3n) is 4.00. The first-order chi connectivity index (χ1) is 11.5. The van der Waals surface area contributed by atoms with Crippen molar-refractivity contribution in [1.29, 1.82) is 0 Å². The first-order valence-corrected chi connectivity index (χ1v) is 7.98. The summed E-state index contributed by atoms with van der Waals surface area (Å²) in [5, 5.41) is 6.11. The number of aryl methyl sites for hydroxylation is 1. The summed E-state index contributed by atoms with van der Waals surface area (Å²) in [5.74, 6) is -0.136. The highest BCUT2D eigenvalue weighted by Crippen LogP contribution is 2.30. The van der Waals surface area contributed by atoms with Crippen LogP contribution in [0.1, 0.15) is 34.5 Å². The fourth-order valence-electron chi connectivity index (χ4n) is 2.85. The lowest BCUT2D eigenvalue weighted by molar-refractivity contribution is 0.102. The molecule has 0 fully saturated rings. The minimum Gasteiger partial charge on any atom is -0.327 e. The maximum Gasteiger partial charge on any atom is 0.319 e. The molecule has 1 aliphatic rings. The number of urea groups is 1. The number of rotatable bonds is 3. The summed E-state index contributed by atoms with van der Waals surface area (Å²) in [6, 6.07) is 13.7. The van der Waals surface area contributed by atoms with Crippen LogP contribution in [0.3, 0.4) is 0 Å². The number of hydrogen-bond acceptors (Lipinski definition) is 2. The molecule has 2 aromatic carbocycles. The Morgan fingerprint density at radius 2 is 1.79 bits per heavy atom. The van der Waals surface area contributed by atoms with Crippen LogP contribution in [0.4, 0.5) is 4.79 Å². The summed E-state index contributed by atoms with van der Waals surface area (Å²) in [5.41, 5.74) is 3.56. The smallest absolute Gasteiger partial charge is 0.319 e. The number of hydrogen-bond donors (Lipinski definition) is 2. The van der Waals surface area contributed by atoms with Crippen molar-refractivity contribution in [2.45, 2.75) is 19.9 Å². The third kappa shape index (κ3) is 3.19. The average molecular weight is 341 g/mol. The fraction of sp³-hybridized carbons (Fsp3) is 0.158. The Balaban J connectivity index is 2.06. The first kappa shape index (κ1) is 16.3. The van der Waals surface area contributed by atoms with Gasteiger partial charge in [0.15, 0.2) is 5.78 Å². The lowest BCUT2D eigenvalue weighted by atomic mass is 9.89. The van der Waals surface area contributed by atoms with Gasteiger partial charge in [0.1, 0.15) is 0 Å². The van der Waals surface area contributed by atoms with Crippen molar-refractivity contribution in [1.82, 2.24) is 10.6 Å². The molecule has 2 aromatic rings. The molecule has 0 radical (unpaired) electrons. The number of carbonyl (C=O) groups is 2. The largest absolute Gasteiger partial charge is 0.327 e. The van der Waals surface area contributed by atoms with Crippen LogP contribution in [0.25, 0.3) is 0 Å². The van der Waals surface area contributed by atoms with Crippen LogP contribution < -0.4 is 10.6 Å². The molecule has 0 bridgehead atoms. The van der Waals surface area contributed by atoms with Crippen molar-refractivity contribution in [2.24, 2.45) is 0 Å². The van der Waals surface area contributed by atoms with Gasteiger partial charge in [-0.25, -0.2) is 4.79 Å². The predicted molar refractivity (Wildman–Crippen MR) is 94.1 cm³/mol. The van der Waals surface area contributed by atoms with Crippen molar-refractivity contribution < 1.29 is 9.59 Å². The number of nitrogens with one attached hydrogen (secondary N) is 2. The molecule has 0 aromatic heterocycles. The van der Waals surface area contributed by atoms with Gasteiger partial charge in [0.25, 0.3) is 0 Å². The van der Waals surface area contributed by atoms with E-state index in [-0.39, 0.29) is 11.8 Å². The van der Waals surface area contributed by atoms with Crippen LogP contribution in [0.5, 0.6) is 0 Å². The van der Waals surface area contributed by atoms with Gasteiger partial charge < -0.3 is 10.6 Å². The van der Waals surface area contributed by atoms with E-state index in [0.717, 1.165) is 11.1 Å². The summed E-state index contributed by atoms with van der Waals surface area (Å²) in [7, 11) is 0. The molecule has 0 saturated heterocycles. The number of allylic oxidation sites excluding steroid dienone is 1. The van der Waals surface area contributed by atoms with E-state index in [2.05, 4.69) is 10.6 Å². The van der Waals surface area contributed by atoms with Crippen LogP contribution in [0, 0.1) is 6.92 Å². The minimum atomic E-state index is -0.484. The van der Waals surface area contributed by atoms with Crippen molar-refractivity contribution >= 4 is 23.4 Å². The molecule has 1 heterocycles. The number of ketones is 1. The molecule has 1 aliphatic heterocycles. The number of Topliss-reactive ketones (excluding diaryl/α,β-unsaturated/α-hetero) is 1. The van der Waals surface area contributed by atoms with E-state index in [4.69, 9.17) is 11.6 Å². The van der Waals surface area contributed by atoms with E-state index in [1.807, 2.05) is 31.2 Å². The number of benzene rings is 2. The van der Waals surface area contributed by atoms with Crippen LogP contribution in [0.2, 0.25) is 5.02 Å². The zero-order chi connectivity index (χ0) is 17.3. The molecule has 0 saturated carbocycles. The second-order valence-corrected chi connectivity index (χ2v) is 6.26. The Kier molecular flexibility index (Phi) is 4.40. The van der Waals surface area contributed by atoms with E-state index in [1.54, 1.807) is 31.2 Å². The highest BCUT2D eigenvalue weighted by Gasteiger charge is 2.31. The Morgan fingerprint density at radius 3 is 2.46 bits per heavy atom. The monoisotopic (exact) mass is 340 g/mol. The maximum absolute atomic E-state index is 13.0. The molecule has 0 aliphatic carbocycles. The van der Waals surface area contributed by atoms with Gasteiger partial charge in [0.2, 0.25) is 0 Å². The van der Waals surface area contributed by atoms with Crippen molar-refractivity contribution in [2.75, 3.05) is 0 Å². The van der Waals surface area contributed by atoms with Gasteiger partial charge in [0, 0.05) is 21.9 Å². The lowest BCUT2D eigenvalue weighted by Crippen LogP contribution is -2.45. The Morgan fingerprint density at radius 1 is 1.08 bits per heavy atom. The van der Waals surface area contributed by atoms with Gasteiger partial charge in [-0.1, -0.05) is 41.4 Å². The number of amides is 2. The quantitative estimate of drug-likeness (QED) is 0.824. The minimum absolute atomic E-state index is 0.136. The molecule has 0 spiro atoms. The maximum atomic E-state index is 13.0. The molecule has 1 unspecified atom stereocenters. The molecule has 4 nitrogen and oxygen atoms in total. The van der Waals surface area contributed by atoms with E-state index in [1.165, 1.54) is 0 Å². The van der Waals surface area contributed by atoms with Gasteiger partial charge in [-0.05, 0) is 43.7 Å². The zero-order valence-corrected chi connectivity index (χ0v) is 14.1. The summed E-state index contributed by atoms with van der Waals surface area (Å²) in [6.45, 7) is 3.72. The normalized spacial score (nSPS) is 17.3. The molecule has 2 N–H and O–H groups in total. The topological polar surface area (TPSA) is 58.2 Å². The van der Waals surface area contributed by atoms with Gasteiger partial charge in [-0.15, -0.1) is 0 Å². The first-order valence-electron chi connectivity index (χ1n) is 7.61. The molecule has 1 atom stereocenters. The molecular formula is C19H17ClN2O2. The van der Waals surface area contributed by atoms with Gasteiger partial charge in [-0.2, -0.15) is 0 Å². The summed E-state index contributed by atoms with van der Waals surface area (Å²) in [4.78, 5) is 24.9. The Labute approximate surface area is 145 Å².